The first-order valence-electron chi connectivity index (χ1n) is 13.2. The topological polar surface area (TPSA) is 80.5 Å². The summed E-state index contributed by atoms with van der Waals surface area (Å²) in [6, 6.07) is 13.2. The smallest absolute Gasteiger partial charge is 0.319 e. The zero-order valence-corrected chi connectivity index (χ0v) is 22.6. The summed E-state index contributed by atoms with van der Waals surface area (Å²) in [5.41, 5.74) is 2.26. The van der Waals surface area contributed by atoms with Gasteiger partial charge < -0.3 is 19.5 Å². The summed E-state index contributed by atoms with van der Waals surface area (Å²) in [5.74, 6) is 4.45. The number of benzene rings is 2. The van der Waals surface area contributed by atoms with Crippen LogP contribution in [0.25, 0.3) is 10.8 Å². The van der Waals surface area contributed by atoms with E-state index >= 15 is 0 Å². The number of terminal acetylenes is 1. The van der Waals surface area contributed by atoms with Crippen molar-refractivity contribution in [2.75, 3.05) is 24.6 Å². The number of anilines is 1. The van der Waals surface area contributed by atoms with Crippen molar-refractivity contribution in [3.8, 4) is 18.4 Å². The summed E-state index contributed by atoms with van der Waals surface area (Å²) < 4.78 is 7.97. The largest absolute Gasteiger partial charge is 0.463 e. The number of nitrogens with one attached hydrogen (secondary N) is 1. The second kappa shape index (κ2) is 11.0. The number of nitrogens with zero attached hydrogens (tertiary/aromatic N) is 6. The summed E-state index contributed by atoms with van der Waals surface area (Å²) in [6.07, 6.45) is 14.4. The number of imidazole rings is 1. The zero-order chi connectivity index (χ0) is 26.8. The van der Waals surface area contributed by atoms with Crippen LogP contribution in [-0.2, 0) is 20.0 Å². The quantitative estimate of drug-likeness (QED) is 0.267. The minimum Gasteiger partial charge on any atom is -0.463 e. The highest BCUT2D eigenvalue weighted by molar-refractivity contribution is 6.35. The Kier molecular flexibility index (Phi) is 7.18. The fourth-order valence-corrected chi connectivity index (χ4v) is 5.85. The molecule has 2 aliphatic heterocycles. The van der Waals surface area contributed by atoms with Crippen molar-refractivity contribution in [3.05, 3.63) is 76.5 Å². The van der Waals surface area contributed by atoms with Crippen LogP contribution in [0.1, 0.15) is 35.5 Å². The minimum atomic E-state index is 0.274. The number of hydrogen-bond acceptors (Lipinski definition) is 7. The average Bonchev–Trinajstić information content (AvgIpc) is 3.52. The Bertz CT molecular complexity index is 1560. The number of hydrogen-bond donors (Lipinski definition) is 1. The Hall–Kier alpha value is -3.93. The molecule has 0 saturated carbocycles. The molecule has 0 spiro atoms. The van der Waals surface area contributed by atoms with Gasteiger partial charge in [-0.2, -0.15) is 9.97 Å². The van der Waals surface area contributed by atoms with Crippen molar-refractivity contribution < 1.29 is 4.74 Å². The second-order valence-corrected chi connectivity index (χ2v) is 10.5. The number of aryl methyl sites for hydroxylation is 1. The van der Waals surface area contributed by atoms with Crippen molar-refractivity contribution in [1.29, 1.82) is 0 Å². The normalized spacial score (nSPS) is 18.6. The van der Waals surface area contributed by atoms with Crippen molar-refractivity contribution in [1.82, 2.24) is 24.8 Å². The Balaban J connectivity index is 1.30. The SMILES string of the molecule is C#Cc1nc(OCCc2nccn2C)nc(N2CC3CCC(C2)N3)c1C=NCc1cccc2cccc(Cl)c12. The molecule has 2 aromatic carbocycles. The maximum absolute atomic E-state index is 6.54. The van der Waals surface area contributed by atoms with Crippen LogP contribution in [0.4, 0.5) is 5.82 Å². The van der Waals surface area contributed by atoms with E-state index < -0.39 is 0 Å². The molecule has 0 amide bonds. The Morgan fingerprint density at radius 2 is 1.97 bits per heavy atom. The highest BCUT2D eigenvalue weighted by Gasteiger charge is 2.34. The third-order valence-corrected chi connectivity index (χ3v) is 7.77. The molecule has 4 heterocycles. The van der Waals surface area contributed by atoms with E-state index in [2.05, 4.69) is 44.3 Å². The molecule has 2 bridgehead atoms. The number of ether oxygens (including phenoxy) is 1. The molecular formula is C30H30ClN7O. The van der Waals surface area contributed by atoms with Crippen molar-refractivity contribution in [2.24, 2.45) is 12.0 Å². The Morgan fingerprint density at radius 1 is 1.18 bits per heavy atom. The summed E-state index contributed by atoms with van der Waals surface area (Å²) >= 11 is 6.54. The number of aromatic nitrogens is 4. The highest BCUT2D eigenvalue weighted by atomic mass is 35.5. The van der Waals surface area contributed by atoms with E-state index in [1.54, 1.807) is 6.20 Å². The summed E-state index contributed by atoms with van der Waals surface area (Å²) in [7, 11) is 1.96. The van der Waals surface area contributed by atoms with Gasteiger partial charge in [0, 0.05) is 67.7 Å². The molecule has 6 rings (SSSR count). The van der Waals surface area contributed by atoms with Crippen LogP contribution < -0.4 is 15.0 Å². The van der Waals surface area contributed by atoms with Gasteiger partial charge in [0.15, 0.2) is 0 Å². The van der Waals surface area contributed by atoms with Crippen LogP contribution in [-0.4, -0.2) is 57.5 Å². The van der Waals surface area contributed by atoms with Gasteiger partial charge in [-0.25, -0.2) is 4.98 Å². The summed E-state index contributed by atoms with van der Waals surface area (Å²) in [6.45, 7) is 2.56. The van der Waals surface area contributed by atoms with Crippen LogP contribution in [0.2, 0.25) is 5.02 Å². The van der Waals surface area contributed by atoms with E-state index in [4.69, 9.17) is 32.7 Å². The number of halogens is 1. The minimum absolute atomic E-state index is 0.274. The molecule has 2 saturated heterocycles. The fraction of sp³-hybridized carbons (Fsp3) is 0.333. The molecule has 2 aliphatic rings. The predicted molar refractivity (Wildman–Crippen MR) is 155 cm³/mol. The maximum Gasteiger partial charge on any atom is 0.319 e. The standard InChI is InChI=1S/C30H30ClN7O/c1-3-26-24(17-32-16-21-8-4-6-20-7-5-9-25(31)28(20)21)29(38-18-22-10-11-23(19-38)34-22)36-30(35-26)39-15-12-27-33-13-14-37(27)2/h1,4-9,13-14,17,22-23,34H,10-12,15-16,18-19H2,2H3. The maximum atomic E-state index is 6.54. The van der Waals surface area contributed by atoms with Gasteiger partial charge in [-0.3, -0.25) is 4.99 Å². The molecule has 0 radical (unpaired) electrons. The van der Waals surface area contributed by atoms with Gasteiger partial charge in [-0.1, -0.05) is 41.9 Å². The van der Waals surface area contributed by atoms with Crippen LogP contribution in [0.15, 0.2) is 53.8 Å². The van der Waals surface area contributed by atoms with E-state index in [0.29, 0.717) is 37.4 Å². The monoisotopic (exact) mass is 539 g/mol. The van der Waals surface area contributed by atoms with Gasteiger partial charge in [-0.05, 0) is 35.8 Å². The highest BCUT2D eigenvalue weighted by Crippen LogP contribution is 2.30. The molecule has 4 aromatic rings. The number of fused-ring (bicyclic) bond motifs is 3. The fourth-order valence-electron chi connectivity index (χ4n) is 5.55. The van der Waals surface area contributed by atoms with Gasteiger partial charge in [-0.15, -0.1) is 6.42 Å². The van der Waals surface area contributed by atoms with Crippen LogP contribution in [0, 0.1) is 12.3 Å². The van der Waals surface area contributed by atoms with E-state index in [0.717, 1.165) is 64.5 Å². The van der Waals surface area contributed by atoms with Gasteiger partial charge >= 0.3 is 6.01 Å². The lowest BCUT2D eigenvalue weighted by molar-refractivity contribution is 0.292. The number of rotatable bonds is 8. The first-order chi connectivity index (χ1) is 19.1. The zero-order valence-electron chi connectivity index (χ0n) is 21.8. The molecule has 198 valence electrons. The summed E-state index contributed by atoms with van der Waals surface area (Å²) in [4.78, 5) is 20.9. The van der Waals surface area contributed by atoms with Gasteiger partial charge in [0.2, 0.25) is 0 Å². The van der Waals surface area contributed by atoms with Crippen molar-refractivity contribution >= 4 is 34.4 Å². The Morgan fingerprint density at radius 3 is 2.72 bits per heavy atom. The number of aliphatic imine (C=N–C) groups is 1. The van der Waals surface area contributed by atoms with Crippen molar-refractivity contribution in [2.45, 2.75) is 37.9 Å². The average molecular weight is 540 g/mol. The van der Waals surface area contributed by atoms with Crippen LogP contribution >= 0.6 is 11.6 Å². The molecule has 2 fully saturated rings. The predicted octanol–water partition coefficient (Wildman–Crippen LogP) is 4.18. The third kappa shape index (κ3) is 5.33. The summed E-state index contributed by atoms with van der Waals surface area (Å²) in [5, 5.41) is 6.51. The molecule has 9 heteroatoms. The molecule has 1 N–H and O–H groups in total. The second-order valence-electron chi connectivity index (χ2n) is 10.1. The van der Waals surface area contributed by atoms with Crippen molar-refractivity contribution in [3.63, 3.8) is 0 Å². The van der Waals surface area contributed by atoms with E-state index in [-0.39, 0.29) is 6.01 Å². The van der Waals surface area contributed by atoms with E-state index in [9.17, 15) is 0 Å². The van der Waals surface area contributed by atoms with Crippen LogP contribution in [0.3, 0.4) is 0 Å². The Labute approximate surface area is 233 Å². The molecule has 2 aromatic heterocycles. The lowest BCUT2D eigenvalue weighted by Crippen LogP contribution is -2.51. The molecule has 8 nitrogen and oxygen atoms in total. The van der Waals surface area contributed by atoms with Crippen LogP contribution in [0.5, 0.6) is 6.01 Å². The molecule has 0 aliphatic carbocycles. The van der Waals surface area contributed by atoms with Gasteiger partial charge in [0.25, 0.3) is 0 Å². The third-order valence-electron chi connectivity index (χ3n) is 7.46. The van der Waals surface area contributed by atoms with Gasteiger partial charge in [0.05, 0.1) is 18.7 Å². The molecule has 2 unspecified atom stereocenters. The first kappa shape index (κ1) is 25.4. The molecule has 2 atom stereocenters. The number of piperazine rings is 1. The molecule has 39 heavy (non-hydrogen) atoms. The van der Waals surface area contributed by atoms with E-state index in [1.165, 1.54) is 0 Å². The lowest BCUT2D eigenvalue weighted by Gasteiger charge is -2.34. The molecular weight excluding hydrogens is 510 g/mol. The lowest BCUT2D eigenvalue weighted by atomic mass is 10.0. The van der Waals surface area contributed by atoms with E-state index in [1.807, 2.05) is 42.2 Å². The first-order valence-corrected chi connectivity index (χ1v) is 13.6. The van der Waals surface area contributed by atoms with Gasteiger partial charge in [0.1, 0.15) is 17.3 Å².